The number of ether oxygens (including phenoxy) is 1. The Morgan fingerprint density at radius 2 is 2.04 bits per heavy atom. The van der Waals surface area contributed by atoms with Crippen LogP contribution in [0, 0.1) is 12.3 Å². The van der Waals surface area contributed by atoms with Crippen LogP contribution in [0.4, 0.5) is 5.82 Å². The molecule has 1 amide bonds. The average molecular weight is 323 g/mol. The molecule has 0 fully saturated rings. The van der Waals surface area contributed by atoms with E-state index in [1.54, 1.807) is 19.4 Å². The monoisotopic (exact) mass is 323 g/mol. The Labute approximate surface area is 142 Å². The van der Waals surface area contributed by atoms with Gasteiger partial charge >= 0.3 is 0 Å². The number of terminal acetylenes is 1. The van der Waals surface area contributed by atoms with E-state index in [4.69, 9.17) is 11.2 Å². The average Bonchev–Trinajstić information content (AvgIpc) is 2.65. The Morgan fingerprint density at radius 1 is 1.33 bits per heavy atom. The van der Waals surface area contributed by atoms with Crippen LogP contribution in [0.3, 0.4) is 0 Å². The van der Waals surface area contributed by atoms with Crippen molar-refractivity contribution in [3.8, 4) is 18.1 Å². The first-order chi connectivity index (χ1) is 11.6. The van der Waals surface area contributed by atoms with Crippen LogP contribution in [-0.4, -0.2) is 31.6 Å². The maximum atomic E-state index is 11.8. The molecule has 1 atom stereocenters. The van der Waals surface area contributed by atoms with Crippen molar-refractivity contribution in [1.82, 2.24) is 10.3 Å². The molecule has 0 radical (unpaired) electrons. The van der Waals surface area contributed by atoms with Gasteiger partial charge in [0.05, 0.1) is 25.3 Å². The van der Waals surface area contributed by atoms with Gasteiger partial charge in [0.15, 0.2) is 0 Å². The second-order valence-electron chi connectivity index (χ2n) is 5.35. The van der Waals surface area contributed by atoms with Crippen LogP contribution in [0.25, 0.3) is 0 Å². The van der Waals surface area contributed by atoms with E-state index in [2.05, 4.69) is 23.1 Å². The van der Waals surface area contributed by atoms with E-state index in [9.17, 15) is 4.79 Å². The number of benzene rings is 1. The fraction of sp³-hybridized carbons (Fsp3) is 0.263. The molecule has 0 aliphatic rings. The van der Waals surface area contributed by atoms with E-state index in [0.717, 1.165) is 17.1 Å². The van der Waals surface area contributed by atoms with Crippen LogP contribution >= 0.6 is 0 Å². The number of aromatic nitrogens is 1. The van der Waals surface area contributed by atoms with Gasteiger partial charge in [0.2, 0.25) is 0 Å². The summed E-state index contributed by atoms with van der Waals surface area (Å²) in [5.74, 6) is 3.76. The van der Waals surface area contributed by atoms with Gasteiger partial charge in [0.1, 0.15) is 11.6 Å². The van der Waals surface area contributed by atoms with E-state index < -0.39 is 0 Å². The van der Waals surface area contributed by atoms with Gasteiger partial charge in [-0.05, 0) is 36.8 Å². The van der Waals surface area contributed by atoms with Crippen molar-refractivity contribution in [3.05, 3.63) is 53.7 Å². The van der Waals surface area contributed by atoms with Crippen molar-refractivity contribution in [2.24, 2.45) is 0 Å². The molecule has 0 bridgehead atoms. The zero-order valence-electron chi connectivity index (χ0n) is 14.1. The zero-order valence-corrected chi connectivity index (χ0v) is 14.1. The standard InChI is InChI=1S/C19H21N3O2/c1-5-12-20-19(23)16-8-11-18(21-13-16)22(3)14(2)15-6-9-17(24-4)10-7-15/h1,6-11,13-14H,12H2,2-4H3,(H,20,23). The fourth-order valence-corrected chi connectivity index (χ4v) is 2.27. The Kier molecular flexibility index (Phi) is 5.80. The molecule has 0 aliphatic heterocycles. The Balaban J connectivity index is 2.09. The summed E-state index contributed by atoms with van der Waals surface area (Å²) in [6.45, 7) is 2.30. The third-order valence-electron chi connectivity index (χ3n) is 3.90. The Morgan fingerprint density at radius 3 is 2.58 bits per heavy atom. The molecule has 1 unspecified atom stereocenters. The summed E-state index contributed by atoms with van der Waals surface area (Å²) >= 11 is 0. The number of anilines is 1. The number of carbonyl (C=O) groups excluding carboxylic acids is 1. The molecule has 124 valence electrons. The molecule has 1 N–H and O–H groups in total. The van der Waals surface area contributed by atoms with Gasteiger partial charge in [-0.2, -0.15) is 0 Å². The molecule has 1 aromatic heterocycles. The first-order valence-corrected chi connectivity index (χ1v) is 7.61. The number of amides is 1. The van der Waals surface area contributed by atoms with E-state index in [0.29, 0.717) is 5.56 Å². The lowest BCUT2D eigenvalue weighted by Gasteiger charge is -2.26. The molecular formula is C19H21N3O2. The zero-order chi connectivity index (χ0) is 17.5. The quantitative estimate of drug-likeness (QED) is 0.831. The second kappa shape index (κ2) is 8.02. The topological polar surface area (TPSA) is 54.5 Å². The Bertz CT molecular complexity index is 718. The molecule has 1 heterocycles. The van der Waals surface area contributed by atoms with Gasteiger partial charge in [0, 0.05) is 13.2 Å². The van der Waals surface area contributed by atoms with Crippen molar-refractivity contribution >= 4 is 11.7 Å². The molecule has 0 spiro atoms. The molecule has 1 aromatic carbocycles. The van der Waals surface area contributed by atoms with Crippen LogP contribution in [0.1, 0.15) is 28.9 Å². The second-order valence-corrected chi connectivity index (χ2v) is 5.35. The summed E-state index contributed by atoms with van der Waals surface area (Å²) in [7, 11) is 3.62. The minimum Gasteiger partial charge on any atom is -0.497 e. The van der Waals surface area contributed by atoms with Gasteiger partial charge in [-0.1, -0.05) is 18.1 Å². The predicted molar refractivity (Wildman–Crippen MR) is 95.2 cm³/mol. The lowest BCUT2D eigenvalue weighted by Crippen LogP contribution is -2.25. The molecule has 5 heteroatoms. The lowest BCUT2D eigenvalue weighted by molar-refractivity contribution is 0.0958. The maximum absolute atomic E-state index is 11.8. The van der Waals surface area contributed by atoms with Gasteiger partial charge < -0.3 is 15.0 Å². The number of methoxy groups -OCH3 is 1. The van der Waals surface area contributed by atoms with E-state index in [-0.39, 0.29) is 18.5 Å². The first kappa shape index (κ1) is 17.4. The van der Waals surface area contributed by atoms with Gasteiger partial charge in [-0.3, -0.25) is 4.79 Å². The number of hydrogen-bond donors (Lipinski definition) is 1. The molecule has 0 saturated heterocycles. The van der Waals surface area contributed by atoms with Gasteiger partial charge in [0.25, 0.3) is 5.91 Å². The van der Waals surface area contributed by atoms with Crippen molar-refractivity contribution in [3.63, 3.8) is 0 Å². The summed E-state index contributed by atoms with van der Waals surface area (Å²) in [6, 6.07) is 11.6. The van der Waals surface area contributed by atoms with Crippen LogP contribution in [0.2, 0.25) is 0 Å². The van der Waals surface area contributed by atoms with Crippen LogP contribution in [0.15, 0.2) is 42.6 Å². The summed E-state index contributed by atoms with van der Waals surface area (Å²) < 4.78 is 5.18. The normalized spacial score (nSPS) is 11.2. The highest BCUT2D eigenvalue weighted by Gasteiger charge is 2.14. The minimum atomic E-state index is -0.224. The lowest BCUT2D eigenvalue weighted by atomic mass is 10.1. The molecule has 0 aliphatic carbocycles. The third-order valence-corrected chi connectivity index (χ3v) is 3.90. The molecule has 2 rings (SSSR count). The third kappa shape index (κ3) is 4.05. The molecule has 24 heavy (non-hydrogen) atoms. The number of pyridine rings is 1. The van der Waals surface area contributed by atoms with Crippen molar-refractivity contribution in [2.75, 3.05) is 25.6 Å². The summed E-state index contributed by atoms with van der Waals surface area (Å²) in [5, 5.41) is 2.62. The smallest absolute Gasteiger partial charge is 0.253 e. The van der Waals surface area contributed by atoms with E-state index in [1.807, 2.05) is 42.3 Å². The first-order valence-electron chi connectivity index (χ1n) is 7.61. The highest BCUT2D eigenvalue weighted by molar-refractivity contribution is 5.94. The van der Waals surface area contributed by atoms with Crippen LogP contribution in [-0.2, 0) is 0 Å². The number of rotatable bonds is 6. The Hall–Kier alpha value is -3.00. The van der Waals surface area contributed by atoms with Crippen molar-refractivity contribution in [2.45, 2.75) is 13.0 Å². The summed E-state index contributed by atoms with van der Waals surface area (Å²) in [6.07, 6.45) is 6.68. The molecule has 0 saturated carbocycles. The van der Waals surface area contributed by atoms with Crippen LogP contribution in [0.5, 0.6) is 5.75 Å². The summed E-state index contributed by atoms with van der Waals surface area (Å²) in [5.41, 5.74) is 1.63. The maximum Gasteiger partial charge on any atom is 0.253 e. The molecular weight excluding hydrogens is 302 g/mol. The van der Waals surface area contributed by atoms with Gasteiger partial charge in [-0.25, -0.2) is 4.98 Å². The minimum absolute atomic E-state index is 0.129. The highest BCUT2D eigenvalue weighted by Crippen LogP contribution is 2.25. The van der Waals surface area contributed by atoms with Crippen molar-refractivity contribution in [1.29, 1.82) is 0 Å². The van der Waals surface area contributed by atoms with Crippen LogP contribution < -0.4 is 15.0 Å². The van der Waals surface area contributed by atoms with Gasteiger partial charge in [-0.15, -0.1) is 6.42 Å². The molecule has 2 aromatic rings. The SMILES string of the molecule is C#CCNC(=O)c1ccc(N(C)C(C)c2ccc(OC)cc2)nc1. The van der Waals surface area contributed by atoms with E-state index in [1.165, 1.54) is 0 Å². The van der Waals surface area contributed by atoms with Crippen molar-refractivity contribution < 1.29 is 9.53 Å². The fourth-order valence-electron chi connectivity index (χ4n) is 2.27. The summed E-state index contributed by atoms with van der Waals surface area (Å²) in [4.78, 5) is 18.3. The van der Waals surface area contributed by atoms with E-state index >= 15 is 0 Å². The highest BCUT2D eigenvalue weighted by atomic mass is 16.5. The predicted octanol–water partition coefficient (Wildman–Crippen LogP) is 2.65. The largest absolute Gasteiger partial charge is 0.497 e. The number of carbonyl (C=O) groups is 1. The molecule has 5 nitrogen and oxygen atoms in total. The number of nitrogens with one attached hydrogen (secondary N) is 1. The number of nitrogens with zero attached hydrogens (tertiary/aromatic N) is 2. The number of hydrogen-bond acceptors (Lipinski definition) is 4.